The number of hydrogen-bond acceptors (Lipinski definition) is 4. The fourth-order valence-electron chi connectivity index (χ4n) is 1.68. The van der Waals surface area contributed by atoms with Crippen molar-refractivity contribution in [3.8, 4) is 0 Å². The van der Waals surface area contributed by atoms with E-state index in [2.05, 4.69) is 18.6 Å². The number of aryl methyl sites for hydroxylation is 1. The van der Waals surface area contributed by atoms with Crippen LogP contribution in [-0.4, -0.2) is 28.2 Å². The highest BCUT2D eigenvalue weighted by Crippen LogP contribution is 2.15. The third-order valence-electron chi connectivity index (χ3n) is 2.76. The molecule has 0 amide bonds. The number of ether oxygens (including phenoxy) is 1. The van der Waals surface area contributed by atoms with E-state index in [0.717, 1.165) is 12.0 Å². The van der Waals surface area contributed by atoms with Crippen molar-refractivity contribution in [1.82, 2.24) is 4.72 Å². The summed E-state index contributed by atoms with van der Waals surface area (Å²) in [7, 11) is -3.52. The molecule has 0 aromatic heterocycles. The average Bonchev–Trinajstić information content (AvgIpc) is 2.32. The normalized spacial score (nSPS) is 12.0. The van der Waals surface area contributed by atoms with Gasteiger partial charge in [-0.25, -0.2) is 13.1 Å². The molecule has 0 unspecified atom stereocenters. The minimum Gasteiger partial charge on any atom is -0.399 e. The maximum absolute atomic E-state index is 12.1. The first-order valence-corrected chi connectivity index (χ1v) is 8.24. The minimum absolute atomic E-state index is 0.192. The highest BCUT2D eigenvalue weighted by molar-refractivity contribution is 7.89. The van der Waals surface area contributed by atoms with Gasteiger partial charge in [0.05, 0.1) is 11.5 Å². The lowest BCUT2D eigenvalue weighted by Crippen LogP contribution is -2.27. The van der Waals surface area contributed by atoms with Gasteiger partial charge in [0, 0.05) is 18.8 Å². The summed E-state index contributed by atoms with van der Waals surface area (Å²) in [5.74, 6) is 0.585. The van der Waals surface area contributed by atoms with Crippen LogP contribution in [0.4, 0.5) is 5.69 Å². The molecule has 0 heterocycles. The third-order valence-corrected chi connectivity index (χ3v) is 4.20. The van der Waals surface area contributed by atoms with Crippen molar-refractivity contribution in [3.63, 3.8) is 0 Å². The van der Waals surface area contributed by atoms with Crippen molar-refractivity contribution < 1.29 is 13.2 Å². The molecule has 6 heteroatoms. The molecule has 1 aromatic carbocycles. The number of sulfonamides is 1. The molecule has 3 N–H and O–H groups in total. The Balaban J connectivity index is 2.46. The number of benzene rings is 1. The van der Waals surface area contributed by atoms with Gasteiger partial charge in [-0.05, 0) is 43.0 Å². The van der Waals surface area contributed by atoms with Gasteiger partial charge in [-0.15, -0.1) is 0 Å². The van der Waals surface area contributed by atoms with Crippen LogP contribution < -0.4 is 10.5 Å². The van der Waals surface area contributed by atoms with Gasteiger partial charge in [-0.3, -0.25) is 0 Å². The van der Waals surface area contributed by atoms with Gasteiger partial charge in [0.2, 0.25) is 10.0 Å². The zero-order chi connectivity index (χ0) is 15.2. The van der Waals surface area contributed by atoms with Gasteiger partial charge in [0.15, 0.2) is 0 Å². The summed E-state index contributed by atoms with van der Waals surface area (Å²) in [5.41, 5.74) is 6.92. The Morgan fingerprint density at radius 3 is 2.55 bits per heavy atom. The molecule has 0 atom stereocenters. The minimum atomic E-state index is -3.52. The summed E-state index contributed by atoms with van der Waals surface area (Å²) in [6, 6.07) is 4.78. The van der Waals surface area contributed by atoms with Crippen LogP contribution in [0.3, 0.4) is 0 Å². The molecule has 0 fully saturated rings. The zero-order valence-electron chi connectivity index (χ0n) is 12.3. The van der Waals surface area contributed by atoms with E-state index < -0.39 is 10.0 Å². The van der Waals surface area contributed by atoms with Crippen molar-refractivity contribution >= 4 is 15.7 Å². The smallest absolute Gasteiger partial charge is 0.240 e. The van der Waals surface area contributed by atoms with Crippen LogP contribution in [0.2, 0.25) is 0 Å². The Labute approximate surface area is 121 Å². The molecule has 0 spiro atoms. The summed E-state index contributed by atoms with van der Waals surface area (Å²) in [5, 5.41) is 0. The molecule has 0 aliphatic heterocycles. The quantitative estimate of drug-likeness (QED) is 0.567. The number of rotatable bonds is 8. The maximum Gasteiger partial charge on any atom is 0.240 e. The molecule has 1 rings (SSSR count). The predicted octanol–water partition coefficient (Wildman–Crippen LogP) is 1.92. The Bertz CT molecular complexity index is 507. The second-order valence-electron chi connectivity index (χ2n) is 5.27. The van der Waals surface area contributed by atoms with Crippen molar-refractivity contribution in [2.24, 2.45) is 5.92 Å². The van der Waals surface area contributed by atoms with Crippen molar-refractivity contribution in [1.29, 1.82) is 0 Å². The number of nitrogens with one attached hydrogen (secondary N) is 1. The maximum atomic E-state index is 12.1. The van der Waals surface area contributed by atoms with Crippen LogP contribution in [-0.2, 0) is 14.8 Å². The van der Waals surface area contributed by atoms with Crippen molar-refractivity contribution in [2.75, 3.05) is 25.5 Å². The first-order valence-electron chi connectivity index (χ1n) is 6.76. The topological polar surface area (TPSA) is 81.4 Å². The zero-order valence-corrected chi connectivity index (χ0v) is 13.2. The molecule has 0 aliphatic carbocycles. The lowest BCUT2D eigenvalue weighted by atomic mass is 10.1. The molecule has 5 nitrogen and oxygen atoms in total. The monoisotopic (exact) mass is 300 g/mol. The third kappa shape index (κ3) is 5.90. The van der Waals surface area contributed by atoms with Gasteiger partial charge in [0.1, 0.15) is 0 Å². The van der Waals surface area contributed by atoms with E-state index in [1.54, 1.807) is 12.1 Å². The number of anilines is 1. The summed E-state index contributed by atoms with van der Waals surface area (Å²) >= 11 is 0. The van der Waals surface area contributed by atoms with Crippen LogP contribution >= 0.6 is 0 Å². The van der Waals surface area contributed by atoms with Crippen molar-refractivity contribution in [3.05, 3.63) is 23.8 Å². The first kappa shape index (κ1) is 16.9. The summed E-state index contributed by atoms with van der Waals surface area (Å²) in [6.07, 6.45) is 0.973. The molecule has 0 saturated heterocycles. The average molecular weight is 300 g/mol. The SMILES string of the molecule is Cc1cc(N)cc(S(=O)(=O)NCCOCCC(C)C)c1. The summed E-state index contributed by atoms with van der Waals surface area (Å²) < 4.78 is 32.0. The Hall–Kier alpha value is -1.11. The van der Waals surface area contributed by atoms with E-state index >= 15 is 0 Å². The molecular weight excluding hydrogens is 276 g/mol. The standard InChI is InChI=1S/C14H24N2O3S/c1-11(2)4-6-19-7-5-16-20(17,18)14-9-12(3)8-13(15)10-14/h8-11,16H,4-7,15H2,1-3H3. The number of nitrogens with two attached hydrogens (primary N) is 1. The Morgan fingerprint density at radius 2 is 1.95 bits per heavy atom. The molecule has 20 heavy (non-hydrogen) atoms. The first-order chi connectivity index (χ1) is 9.31. The predicted molar refractivity (Wildman–Crippen MR) is 81.1 cm³/mol. The number of nitrogen functional groups attached to an aromatic ring is 1. The molecule has 0 bridgehead atoms. The van der Waals surface area contributed by atoms with Crippen LogP contribution in [0.25, 0.3) is 0 Å². The second kappa shape index (κ2) is 7.61. The fraction of sp³-hybridized carbons (Fsp3) is 0.571. The van der Waals surface area contributed by atoms with Gasteiger partial charge in [0.25, 0.3) is 0 Å². The second-order valence-corrected chi connectivity index (χ2v) is 7.04. The van der Waals surface area contributed by atoms with E-state index in [9.17, 15) is 8.42 Å². The molecule has 114 valence electrons. The number of hydrogen-bond donors (Lipinski definition) is 2. The molecular formula is C14H24N2O3S. The van der Waals surface area contributed by atoms with E-state index in [1.807, 2.05) is 6.92 Å². The Morgan fingerprint density at radius 1 is 1.25 bits per heavy atom. The van der Waals surface area contributed by atoms with Crippen LogP contribution in [0, 0.1) is 12.8 Å². The largest absolute Gasteiger partial charge is 0.399 e. The van der Waals surface area contributed by atoms with Gasteiger partial charge < -0.3 is 10.5 Å². The highest BCUT2D eigenvalue weighted by Gasteiger charge is 2.14. The van der Waals surface area contributed by atoms with Crippen molar-refractivity contribution in [2.45, 2.75) is 32.1 Å². The van der Waals surface area contributed by atoms with Crippen LogP contribution in [0.5, 0.6) is 0 Å². The summed E-state index contributed by atoms with van der Waals surface area (Å²) in [4.78, 5) is 0.192. The lowest BCUT2D eigenvalue weighted by molar-refractivity contribution is 0.128. The van der Waals surface area contributed by atoms with Crippen LogP contribution in [0.1, 0.15) is 25.8 Å². The van der Waals surface area contributed by atoms with E-state index in [-0.39, 0.29) is 11.4 Å². The molecule has 0 saturated carbocycles. The molecule has 1 aromatic rings. The van der Waals surface area contributed by atoms with Crippen LogP contribution in [0.15, 0.2) is 23.1 Å². The van der Waals surface area contributed by atoms with Gasteiger partial charge in [-0.2, -0.15) is 0 Å². The molecule has 0 radical (unpaired) electrons. The fourth-order valence-corrected chi connectivity index (χ4v) is 2.84. The van der Waals surface area contributed by atoms with Gasteiger partial charge >= 0.3 is 0 Å². The van der Waals surface area contributed by atoms with E-state index in [0.29, 0.717) is 24.8 Å². The molecule has 0 aliphatic rings. The Kier molecular flexibility index (Phi) is 6.45. The van der Waals surface area contributed by atoms with E-state index in [4.69, 9.17) is 10.5 Å². The highest BCUT2D eigenvalue weighted by atomic mass is 32.2. The lowest BCUT2D eigenvalue weighted by Gasteiger charge is -2.09. The summed E-state index contributed by atoms with van der Waals surface area (Å²) in [6.45, 7) is 7.32. The van der Waals surface area contributed by atoms with Gasteiger partial charge in [-0.1, -0.05) is 13.8 Å². The van der Waals surface area contributed by atoms with E-state index in [1.165, 1.54) is 6.07 Å².